The lowest BCUT2D eigenvalue weighted by atomic mass is 9.91. The second-order valence-corrected chi connectivity index (χ2v) is 5.88. The van der Waals surface area contributed by atoms with Gasteiger partial charge in [0.15, 0.2) is 0 Å². The first-order chi connectivity index (χ1) is 7.08. The second kappa shape index (κ2) is 5.67. The van der Waals surface area contributed by atoms with Gasteiger partial charge in [-0.25, -0.2) is 0 Å². The second-order valence-electron chi connectivity index (χ2n) is 5.88. The molecule has 0 aliphatic rings. The minimum Gasteiger partial charge on any atom is -0.463 e. The number of carbonyl (C=O) groups excluding carboxylic acids is 1. The van der Waals surface area contributed by atoms with Gasteiger partial charge in [0, 0.05) is 0 Å². The van der Waals surface area contributed by atoms with E-state index in [2.05, 4.69) is 0 Å². The molecule has 0 aliphatic heterocycles. The van der Waals surface area contributed by atoms with Gasteiger partial charge in [-0.15, -0.1) is 0 Å². The molecule has 0 spiro atoms. The lowest BCUT2D eigenvalue weighted by molar-refractivity contribution is -0.161. The number of ether oxygens (including phenoxy) is 2. The smallest absolute Gasteiger partial charge is 0.311 e. The van der Waals surface area contributed by atoms with Crippen molar-refractivity contribution in [3.05, 3.63) is 0 Å². The third kappa shape index (κ3) is 6.11. The van der Waals surface area contributed by atoms with Crippen LogP contribution in [0.15, 0.2) is 0 Å². The van der Waals surface area contributed by atoms with Crippen LogP contribution in [0.5, 0.6) is 0 Å². The zero-order valence-electron chi connectivity index (χ0n) is 11.7. The first-order valence-corrected chi connectivity index (χ1v) is 5.93. The summed E-state index contributed by atoms with van der Waals surface area (Å²) in [6.45, 7) is 14.0. The predicted molar refractivity (Wildman–Crippen MR) is 65.3 cm³/mol. The predicted octanol–water partition coefficient (Wildman–Crippen LogP) is 3.17. The van der Waals surface area contributed by atoms with Gasteiger partial charge in [-0.1, -0.05) is 6.92 Å². The Labute approximate surface area is 99.5 Å². The fourth-order valence-electron chi connectivity index (χ4n) is 1.17. The van der Waals surface area contributed by atoms with Gasteiger partial charge in [-0.05, 0) is 48.0 Å². The maximum absolute atomic E-state index is 11.7. The Kier molecular flexibility index (Phi) is 5.47. The topological polar surface area (TPSA) is 35.5 Å². The van der Waals surface area contributed by atoms with Gasteiger partial charge in [0.2, 0.25) is 0 Å². The van der Waals surface area contributed by atoms with Crippen LogP contribution in [0.1, 0.15) is 54.9 Å². The van der Waals surface area contributed by atoms with Gasteiger partial charge in [0.1, 0.15) is 6.61 Å². The Hall–Kier alpha value is -0.570. The van der Waals surface area contributed by atoms with Gasteiger partial charge < -0.3 is 9.47 Å². The van der Waals surface area contributed by atoms with Crippen molar-refractivity contribution in [3.8, 4) is 0 Å². The number of carbonyl (C=O) groups is 1. The van der Waals surface area contributed by atoms with Gasteiger partial charge in [-0.3, -0.25) is 4.79 Å². The highest BCUT2D eigenvalue weighted by Crippen LogP contribution is 2.21. The number of hydrogen-bond donors (Lipinski definition) is 0. The van der Waals surface area contributed by atoms with Crippen LogP contribution >= 0.6 is 0 Å². The highest BCUT2D eigenvalue weighted by atomic mass is 16.6. The van der Waals surface area contributed by atoms with Crippen molar-refractivity contribution in [1.29, 1.82) is 0 Å². The van der Waals surface area contributed by atoms with Crippen LogP contribution in [-0.4, -0.2) is 24.3 Å². The molecule has 0 amide bonds. The summed E-state index contributed by atoms with van der Waals surface area (Å²) >= 11 is 0. The van der Waals surface area contributed by atoms with E-state index in [1.165, 1.54) is 0 Å². The molecule has 16 heavy (non-hydrogen) atoms. The summed E-state index contributed by atoms with van der Waals surface area (Å²) in [6, 6.07) is 0. The summed E-state index contributed by atoms with van der Waals surface area (Å²) in [5, 5.41) is 0. The van der Waals surface area contributed by atoms with Crippen LogP contribution in [0.4, 0.5) is 0 Å². The van der Waals surface area contributed by atoms with E-state index in [0.29, 0.717) is 6.61 Å². The first kappa shape index (κ1) is 15.4. The van der Waals surface area contributed by atoms with Crippen molar-refractivity contribution >= 4 is 5.97 Å². The molecule has 96 valence electrons. The molecule has 0 radical (unpaired) electrons. The quantitative estimate of drug-likeness (QED) is 0.680. The minimum absolute atomic E-state index is 0.0726. The molecule has 0 rings (SSSR count). The van der Waals surface area contributed by atoms with E-state index in [9.17, 15) is 4.79 Å². The summed E-state index contributed by atoms with van der Waals surface area (Å²) in [5.41, 5.74) is -0.604. The lowest BCUT2D eigenvalue weighted by Crippen LogP contribution is -2.32. The van der Waals surface area contributed by atoms with Crippen LogP contribution in [0.25, 0.3) is 0 Å². The van der Waals surface area contributed by atoms with Crippen molar-refractivity contribution in [2.45, 2.75) is 66.6 Å². The highest BCUT2D eigenvalue weighted by Gasteiger charge is 2.27. The summed E-state index contributed by atoms with van der Waals surface area (Å²) in [5.74, 6) is -0.153. The maximum atomic E-state index is 11.7. The monoisotopic (exact) mass is 230 g/mol. The molecule has 0 N–H and O–H groups in total. The molecule has 0 heterocycles. The van der Waals surface area contributed by atoms with E-state index in [-0.39, 0.29) is 17.7 Å². The Balaban J connectivity index is 4.02. The number of esters is 1. The van der Waals surface area contributed by atoms with Crippen LogP contribution in [0, 0.1) is 5.41 Å². The molecular formula is C13H26O3. The number of rotatable bonds is 5. The van der Waals surface area contributed by atoms with Crippen LogP contribution in [-0.2, 0) is 14.3 Å². The zero-order chi connectivity index (χ0) is 13.0. The summed E-state index contributed by atoms with van der Waals surface area (Å²) in [7, 11) is 0. The normalized spacial score (nSPS) is 14.7. The standard InChI is InChI=1S/C13H26O3/c1-8-13(6,7)11(14)15-9-10(2)16-12(3,4)5/h10H,8-9H2,1-7H3. The van der Waals surface area contributed by atoms with Gasteiger partial charge in [-0.2, -0.15) is 0 Å². The first-order valence-electron chi connectivity index (χ1n) is 5.93. The average Bonchev–Trinajstić information content (AvgIpc) is 2.11. The Bertz CT molecular complexity index is 226. The number of hydrogen-bond acceptors (Lipinski definition) is 3. The molecular weight excluding hydrogens is 204 g/mol. The molecule has 3 nitrogen and oxygen atoms in total. The SMILES string of the molecule is CCC(C)(C)C(=O)OCC(C)OC(C)(C)C. The van der Waals surface area contributed by atoms with E-state index in [4.69, 9.17) is 9.47 Å². The van der Waals surface area contributed by atoms with Gasteiger partial charge in [0.25, 0.3) is 0 Å². The molecule has 0 aliphatic carbocycles. The third-order valence-electron chi connectivity index (χ3n) is 2.44. The molecule has 0 bridgehead atoms. The summed E-state index contributed by atoms with van der Waals surface area (Å²) in [6.07, 6.45) is 0.706. The van der Waals surface area contributed by atoms with E-state index < -0.39 is 5.41 Å². The third-order valence-corrected chi connectivity index (χ3v) is 2.44. The molecule has 0 saturated heterocycles. The van der Waals surface area contributed by atoms with Gasteiger partial charge >= 0.3 is 5.97 Å². The average molecular weight is 230 g/mol. The Morgan fingerprint density at radius 1 is 1.19 bits per heavy atom. The minimum atomic E-state index is -0.401. The molecule has 0 fully saturated rings. The van der Waals surface area contributed by atoms with Crippen molar-refractivity contribution in [3.63, 3.8) is 0 Å². The molecule has 3 heteroatoms. The van der Waals surface area contributed by atoms with Crippen molar-refractivity contribution in [2.24, 2.45) is 5.41 Å². The highest BCUT2D eigenvalue weighted by molar-refractivity contribution is 5.75. The van der Waals surface area contributed by atoms with Gasteiger partial charge in [0.05, 0.1) is 17.1 Å². The van der Waals surface area contributed by atoms with Crippen LogP contribution < -0.4 is 0 Å². The summed E-state index contributed by atoms with van der Waals surface area (Å²) < 4.78 is 10.9. The van der Waals surface area contributed by atoms with E-state index >= 15 is 0 Å². The zero-order valence-corrected chi connectivity index (χ0v) is 11.7. The lowest BCUT2D eigenvalue weighted by Gasteiger charge is -2.26. The van der Waals surface area contributed by atoms with Crippen LogP contribution in [0.2, 0.25) is 0 Å². The molecule has 0 aromatic heterocycles. The molecule has 0 saturated carbocycles. The van der Waals surface area contributed by atoms with Crippen molar-refractivity contribution in [1.82, 2.24) is 0 Å². The molecule has 0 aromatic carbocycles. The van der Waals surface area contributed by atoms with Crippen molar-refractivity contribution < 1.29 is 14.3 Å². The van der Waals surface area contributed by atoms with E-state index in [0.717, 1.165) is 6.42 Å². The van der Waals surface area contributed by atoms with E-state index in [1.54, 1.807) is 0 Å². The van der Waals surface area contributed by atoms with Crippen molar-refractivity contribution in [2.75, 3.05) is 6.61 Å². The fourth-order valence-corrected chi connectivity index (χ4v) is 1.17. The molecule has 1 unspecified atom stereocenters. The molecule has 0 aromatic rings. The maximum Gasteiger partial charge on any atom is 0.311 e. The Morgan fingerprint density at radius 3 is 2.06 bits per heavy atom. The fraction of sp³-hybridized carbons (Fsp3) is 0.923. The largest absolute Gasteiger partial charge is 0.463 e. The van der Waals surface area contributed by atoms with Crippen LogP contribution in [0.3, 0.4) is 0 Å². The van der Waals surface area contributed by atoms with E-state index in [1.807, 2.05) is 48.5 Å². The summed E-state index contributed by atoms with van der Waals surface area (Å²) in [4.78, 5) is 11.7. The molecule has 1 atom stereocenters. The Morgan fingerprint density at radius 2 is 1.69 bits per heavy atom.